The number of hydrogen-bond donors (Lipinski definition) is 1. The van der Waals surface area contributed by atoms with Crippen molar-refractivity contribution in [2.45, 2.75) is 13.8 Å². The molecule has 0 unspecified atom stereocenters. The van der Waals surface area contributed by atoms with Gasteiger partial charge in [0.05, 0.1) is 0 Å². The molecule has 0 atom stereocenters. The summed E-state index contributed by atoms with van der Waals surface area (Å²) in [6.45, 7) is 4.60. The fourth-order valence-electron chi connectivity index (χ4n) is 2.57. The van der Waals surface area contributed by atoms with Gasteiger partial charge in [-0.25, -0.2) is 9.97 Å². The Morgan fingerprint density at radius 2 is 1.92 bits per heavy atom. The van der Waals surface area contributed by atoms with Crippen LogP contribution in [0.2, 0.25) is 5.02 Å². The van der Waals surface area contributed by atoms with E-state index in [1.54, 1.807) is 24.4 Å². The summed E-state index contributed by atoms with van der Waals surface area (Å²) >= 11 is 6.02. The topological polar surface area (TPSA) is 58.1 Å². The number of para-hydroxylation sites is 1. The fourth-order valence-corrected chi connectivity index (χ4v) is 2.74. The first-order chi connectivity index (χ1) is 12.6. The zero-order chi connectivity index (χ0) is 18.5. The van der Waals surface area contributed by atoms with E-state index in [-0.39, 0.29) is 5.91 Å². The Morgan fingerprint density at radius 1 is 1.15 bits per heavy atom. The third-order valence-corrected chi connectivity index (χ3v) is 4.18. The van der Waals surface area contributed by atoms with Crippen molar-refractivity contribution >= 4 is 34.8 Å². The maximum absolute atomic E-state index is 12.6. The minimum atomic E-state index is -0.303. The van der Waals surface area contributed by atoms with Gasteiger partial charge in [-0.1, -0.05) is 35.9 Å². The Kier molecular flexibility index (Phi) is 5.49. The van der Waals surface area contributed by atoms with Crippen LogP contribution < -0.4 is 10.2 Å². The molecule has 1 amide bonds. The fraction of sp³-hybridized carbons (Fsp3) is 0.150. The van der Waals surface area contributed by atoms with Gasteiger partial charge in [-0.2, -0.15) is 0 Å². The van der Waals surface area contributed by atoms with E-state index in [0.717, 1.165) is 11.3 Å². The number of aromatic nitrogens is 2. The van der Waals surface area contributed by atoms with Crippen molar-refractivity contribution in [1.29, 1.82) is 0 Å². The first-order valence-corrected chi connectivity index (χ1v) is 8.69. The van der Waals surface area contributed by atoms with Crippen molar-refractivity contribution < 1.29 is 4.79 Å². The van der Waals surface area contributed by atoms with Gasteiger partial charge in [-0.3, -0.25) is 4.79 Å². The monoisotopic (exact) mass is 366 g/mol. The van der Waals surface area contributed by atoms with Crippen LogP contribution in [0.1, 0.15) is 23.0 Å². The van der Waals surface area contributed by atoms with Crippen LogP contribution >= 0.6 is 11.6 Å². The van der Waals surface area contributed by atoms with Crippen molar-refractivity contribution in [3.05, 3.63) is 77.1 Å². The number of hydrogen-bond acceptors (Lipinski definition) is 4. The molecular formula is C20H19ClN4O. The number of anilines is 3. The average molecular weight is 367 g/mol. The van der Waals surface area contributed by atoms with E-state index in [2.05, 4.69) is 15.3 Å². The number of nitrogens with one attached hydrogen (secondary N) is 1. The van der Waals surface area contributed by atoms with Crippen molar-refractivity contribution in [2.24, 2.45) is 0 Å². The largest absolute Gasteiger partial charge is 0.320 e. The van der Waals surface area contributed by atoms with Crippen molar-refractivity contribution in [2.75, 3.05) is 16.8 Å². The third kappa shape index (κ3) is 4.00. The lowest BCUT2D eigenvalue weighted by molar-refractivity contribution is 0.102. The number of nitrogens with zero attached hydrogens (tertiary/aromatic N) is 3. The molecule has 1 heterocycles. The predicted octanol–water partition coefficient (Wildman–Crippen LogP) is 4.85. The minimum Gasteiger partial charge on any atom is -0.320 e. The lowest BCUT2D eigenvalue weighted by Gasteiger charge is -2.21. The van der Waals surface area contributed by atoms with Crippen LogP contribution in [0, 0.1) is 6.92 Å². The molecule has 6 heteroatoms. The van der Waals surface area contributed by atoms with Crippen molar-refractivity contribution in [3.63, 3.8) is 0 Å². The molecule has 0 spiro atoms. The lowest BCUT2D eigenvalue weighted by Crippen LogP contribution is -2.21. The summed E-state index contributed by atoms with van der Waals surface area (Å²) in [5, 5.41) is 3.42. The van der Waals surface area contributed by atoms with Crippen LogP contribution in [-0.4, -0.2) is 22.4 Å². The Morgan fingerprint density at radius 3 is 2.65 bits per heavy atom. The van der Waals surface area contributed by atoms with Gasteiger partial charge in [0.25, 0.3) is 5.91 Å². The van der Waals surface area contributed by atoms with Gasteiger partial charge in [0.2, 0.25) is 5.95 Å². The van der Waals surface area contributed by atoms with Crippen molar-refractivity contribution in [1.82, 2.24) is 9.97 Å². The van der Waals surface area contributed by atoms with E-state index in [1.165, 1.54) is 0 Å². The van der Waals surface area contributed by atoms with E-state index >= 15 is 0 Å². The quantitative estimate of drug-likeness (QED) is 0.701. The zero-order valence-corrected chi connectivity index (χ0v) is 15.4. The van der Waals surface area contributed by atoms with Crippen LogP contribution in [-0.2, 0) is 0 Å². The molecule has 0 bridgehead atoms. The van der Waals surface area contributed by atoms with Gasteiger partial charge in [-0.05, 0) is 49.7 Å². The Balaban J connectivity index is 1.86. The van der Waals surface area contributed by atoms with Gasteiger partial charge in [0.1, 0.15) is 5.69 Å². The number of amides is 1. The van der Waals surface area contributed by atoms with Gasteiger partial charge in [0.15, 0.2) is 0 Å². The molecule has 0 saturated carbocycles. The molecule has 132 valence electrons. The maximum atomic E-state index is 12.6. The van der Waals surface area contributed by atoms with Crippen molar-refractivity contribution in [3.8, 4) is 0 Å². The van der Waals surface area contributed by atoms with Crippen LogP contribution in [0.5, 0.6) is 0 Å². The summed E-state index contributed by atoms with van der Waals surface area (Å²) < 4.78 is 0. The second-order valence-electron chi connectivity index (χ2n) is 5.74. The first-order valence-electron chi connectivity index (χ1n) is 8.31. The highest BCUT2D eigenvalue weighted by Crippen LogP contribution is 2.23. The summed E-state index contributed by atoms with van der Waals surface area (Å²) in [4.78, 5) is 23.3. The second-order valence-corrected chi connectivity index (χ2v) is 6.17. The second kappa shape index (κ2) is 7.97. The van der Waals surface area contributed by atoms with E-state index in [4.69, 9.17) is 11.6 Å². The summed E-state index contributed by atoms with van der Waals surface area (Å²) in [5.41, 5.74) is 2.86. The predicted molar refractivity (Wildman–Crippen MR) is 105 cm³/mol. The third-order valence-electron chi connectivity index (χ3n) is 3.95. The number of halogens is 1. The summed E-state index contributed by atoms with van der Waals surface area (Å²) in [6, 6.07) is 16.8. The summed E-state index contributed by atoms with van der Waals surface area (Å²) in [5.74, 6) is 0.178. The molecule has 0 saturated heterocycles. The SMILES string of the molecule is CCN(c1ccccc1)c1nccc(C(=O)Nc2cc(Cl)ccc2C)n1. The molecule has 0 fully saturated rings. The van der Waals surface area contributed by atoms with E-state index < -0.39 is 0 Å². The molecule has 5 nitrogen and oxygen atoms in total. The van der Waals surface area contributed by atoms with Gasteiger partial charge in [0, 0.05) is 29.1 Å². The number of aryl methyl sites for hydroxylation is 1. The van der Waals surface area contributed by atoms with E-state index in [9.17, 15) is 4.79 Å². The van der Waals surface area contributed by atoms with E-state index in [1.807, 2.05) is 55.1 Å². The maximum Gasteiger partial charge on any atom is 0.274 e. The summed E-state index contributed by atoms with van der Waals surface area (Å²) in [7, 11) is 0. The van der Waals surface area contributed by atoms with Gasteiger partial charge in [-0.15, -0.1) is 0 Å². The molecular weight excluding hydrogens is 348 g/mol. The molecule has 26 heavy (non-hydrogen) atoms. The molecule has 0 aliphatic carbocycles. The smallest absolute Gasteiger partial charge is 0.274 e. The molecule has 1 aromatic heterocycles. The number of carbonyl (C=O) groups excluding carboxylic acids is 1. The highest BCUT2D eigenvalue weighted by atomic mass is 35.5. The standard InChI is InChI=1S/C20H19ClN4O/c1-3-25(16-7-5-4-6-8-16)20-22-12-11-17(24-20)19(26)23-18-13-15(21)10-9-14(18)2/h4-13H,3H2,1-2H3,(H,23,26). The van der Waals surface area contributed by atoms with E-state index in [0.29, 0.717) is 28.9 Å². The number of benzene rings is 2. The minimum absolute atomic E-state index is 0.295. The first kappa shape index (κ1) is 17.9. The van der Waals surface area contributed by atoms with Crippen LogP contribution in [0.4, 0.5) is 17.3 Å². The van der Waals surface area contributed by atoms with Crippen LogP contribution in [0.3, 0.4) is 0 Å². The average Bonchev–Trinajstić information content (AvgIpc) is 2.66. The molecule has 0 aliphatic rings. The zero-order valence-electron chi connectivity index (χ0n) is 14.6. The normalized spacial score (nSPS) is 10.4. The van der Waals surface area contributed by atoms with Gasteiger partial charge < -0.3 is 10.2 Å². The summed E-state index contributed by atoms with van der Waals surface area (Å²) in [6.07, 6.45) is 1.59. The highest BCUT2D eigenvalue weighted by molar-refractivity contribution is 6.31. The van der Waals surface area contributed by atoms with Crippen LogP contribution in [0.25, 0.3) is 0 Å². The molecule has 3 aromatic rings. The molecule has 0 radical (unpaired) electrons. The Labute approximate surface area is 157 Å². The highest BCUT2D eigenvalue weighted by Gasteiger charge is 2.15. The molecule has 2 aromatic carbocycles. The molecule has 0 aliphatic heterocycles. The van der Waals surface area contributed by atoms with Gasteiger partial charge >= 0.3 is 0 Å². The van der Waals surface area contributed by atoms with Crippen LogP contribution in [0.15, 0.2) is 60.8 Å². The Hall–Kier alpha value is -2.92. The Bertz CT molecular complexity index is 915. The number of rotatable bonds is 5. The molecule has 1 N–H and O–H groups in total. The lowest BCUT2D eigenvalue weighted by atomic mass is 10.2. The number of carbonyl (C=O) groups is 1. The molecule has 3 rings (SSSR count).